The van der Waals surface area contributed by atoms with E-state index >= 15 is 0 Å². The van der Waals surface area contributed by atoms with Crippen molar-refractivity contribution in [2.75, 3.05) is 12.4 Å². The Morgan fingerprint density at radius 3 is 2.68 bits per heavy atom. The minimum absolute atomic E-state index is 0.532. The highest BCUT2D eigenvalue weighted by Crippen LogP contribution is 2.21. The molecule has 1 amide bonds. The summed E-state index contributed by atoms with van der Waals surface area (Å²) in [5, 5.41) is 3.52. The normalized spacial score (nSPS) is 10.4. The van der Waals surface area contributed by atoms with Crippen LogP contribution < -0.4 is 10.1 Å². The third kappa shape index (κ3) is 2.88. The fraction of sp³-hybridized carbons (Fsp3) is 0.118. The Kier molecular flexibility index (Phi) is 3.96. The first-order chi connectivity index (χ1) is 10.8. The molecule has 0 aliphatic heterocycles. The standard InChI is InChI=1S/C17H15N3O2/c1-22-15-5-2-12(3-6-15)8-14-10-18-9-13-4-7-16(19-11-21)20-17(13)14/h2-7,9-11H,8H2,1H3,(H,19,20,21). The summed E-state index contributed by atoms with van der Waals surface area (Å²) in [5.74, 6) is 1.36. The van der Waals surface area contributed by atoms with Gasteiger partial charge in [0, 0.05) is 29.8 Å². The Labute approximate surface area is 128 Å². The number of pyridine rings is 2. The van der Waals surface area contributed by atoms with Gasteiger partial charge in [0.25, 0.3) is 0 Å². The highest BCUT2D eigenvalue weighted by Gasteiger charge is 2.06. The number of aromatic nitrogens is 2. The molecule has 5 heteroatoms. The van der Waals surface area contributed by atoms with Crippen LogP contribution in [0.4, 0.5) is 5.82 Å². The second kappa shape index (κ2) is 6.22. The summed E-state index contributed by atoms with van der Waals surface area (Å²) in [6.45, 7) is 0. The third-order valence-electron chi connectivity index (χ3n) is 3.44. The number of carbonyl (C=O) groups is 1. The van der Waals surface area contributed by atoms with Crippen molar-refractivity contribution in [2.24, 2.45) is 0 Å². The monoisotopic (exact) mass is 293 g/mol. The van der Waals surface area contributed by atoms with Gasteiger partial charge in [0.2, 0.25) is 6.41 Å². The van der Waals surface area contributed by atoms with Crippen molar-refractivity contribution >= 4 is 23.1 Å². The number of hydrogen-bond donors (Lipinski definition) is 1. The predicted molar refractivity (Wildman–Crippen MR) is 85.0 cm³/mol. The zero-order valence-electron chi connectivity index (χ0n) is 12.1. The highest BCUT2D eigenvalue weighted by atomic mass is 16.5. The zero-order chi connectivity index (χ0) is 15.4. The molecule has 1 aromatic carbocycles. The molecule has 0 aliphatic rings. The largest absolute Gasteiger partial charge is 0.497 e. The lowest BCUT2D eigenvalue weighted by atomic mass is 10.0. The summed E-state index contributed by atoms with van der Waals surface area (Å²) < 4.78 is 5.17. The van der Waals surface area contributed by atoms with Crippen molar-refractivity contribution < 1.29 is 9.53 Å². The molecule has 0 saturated carbocycles. The van der Waals surface area contributed by atoms with E-state index in [4.69, 9.17) is 4.74 Å². The molecule has 1 N–H and O–H groups in total. The Morgan fingerprint density at radius 2 is 1.95 bits per heavy atom. The lowest BCUT2D eigenvalue weighted by Crippen LogP contribution is -1.99. The van der Waals surface area contributed by atoms with E-state index in [-0.39, 0.29) is 0 Å². The molecule has 110 valence electrons. The van der Waals surface area contributed by atoms with E-state index in [2.05, 4.69) is 15.3 Å². The molecular formula is C17H15N3O2. The molecule has 0 unspecified atom stereocenters. The molecule has 5 nitrogen and oxygen atoms in total. The highest BCUT2D eigenvalue weighted by molar-refractivity contribution is 5.84. The molecule has 2 aromatic heterocycles. The number of rotatable bonds is 5. The first-order valence-corrected chi connectivity index (χ1v) is 6.87. The quantitative estimate of drug-likeness (QED) is 0.735. The van der Waals surface area contributed by atoms with E-state index < -0.39 is 0 Å². The number of nitrogens with zero attached hydrogens (tertiary/aromatic N) is 2. The SMILES string of the molecule is COc1ccc(Cc2cncc3ccc(NC=O)nc23)cc1. The van der Waals surface area contributed by atoms with Gasteiger partial charge in [-0.15, -0.1) is 0 Å². The smallest absolute Gasteiger partial charge is 0.212 e. The lowest BCUT2D eigenvalue weighted by Gasteiger charge is -2.08. The Bertz CT molecular complexity index is 801. The van der Waals surface area contributed by atoms with Gasteiger partial charge in [-0.1, -0.05) is 12.1 Å². The summed E-state index contributed by atoms with van der Waals surface area (Å²) in [7, 11) is 1.65. The number of amides is 1. The molecule has 0 fully saturated rings. The maximum atomic E-state index is 10.6. The van der Waals surface area contributed by atoms with E-state index in [1.165, 1.54) is 0 Å². The molecule has 3 aromatic rings. The van der Waals surface area contributed by atoms with Gasteiger partial charge in [0.1, 0.15) is 11.6 Å². The number of fused-ring (bicyclic) bond motifs is 1. The second-order valence-corrected chi connectivity index (χ2v) is 4.85. The number of hydrogen-bond acceptors (Lipinski definition) is 4. The molecule has 2 heterocycles. The molecule has 0 bridgehead atoms. The molecule has 0 atom stereocenters. The summed E-state index contributed by atoms with van der Waals surface area (Å²) in [6, 6.07) is 11.6. The first-order valence-electron chi connectivity index (χ1n) is 6.87. The van der Waals surface area contributed by atoms with Crippen LogP contribution >= 0.6 is 0 Å². The number of ether oxygens (including phenoxy) is 1. The molecule has 3 rings (SSSR count). The first kappa shape index (κ1) is 14.0. The summed E-state index contributed by atoms with van der Waals surface area (Å²) >= 11 is 0. The maximum Gasteiger partial charge on any atom is 0.212 e. The fourth-order valence-corrected chi connectivity index (χ4v) is 2.33. The zero-order valence-corrected chi connectivity index (χ0v) is 12.1. The van der Waals surface area contributed by atoms with Crippen LogP contribution in [0.1, 0.15) is 11.1 Å². The van der Waals surface area contributed by atoms with E-state index in [0.717, 1.165) is 27.8 Å². The number of benzene rings is 1. The minimum Gasteiger partial charge on any atom is -0.497 e. The number of anilines is 1. The molecule has 0 aliphatic carbocycles. The van der Waals surface area contributed by atoms with Crippen molar-refractivity contribution in [3.05, 3.63) is 59.9 Å². The van der Waals surface area contributed by atoms with Crippen LogP contribution in [0.2, 0.25) is 0 Å². The van der Waals surface area contributed by atoms with Crippen molar-refractivity contribution in [3.8, 4) is 5.75 Å². The topological polar surface area (TPSA) is 64.1 Å². The molecule has 0 saturated heterocycles. The Morgan fingerprint density at radius 1 is 1.14 bits per heavy atom. The van der Waals surface area contributed by atoms with E-state index in [1.807, 2.05) is 36.5 Å². The molecule has 22 heavy (non-hydrogen) atoms. The van der Waals surface area contributed by atoms with Crippen LogP contribution in [-0.2, 0) is 11.2 Å². The van der Waals surface area contributed by atoms with Crippen LogP contribution in [0.3, 0.4) is 0 Å². The maximum absolute atomic E-state index is 10.6. The van der Waals surface area contributed by atoms with Gasteiger partial charge in [0.05, 0.1) is 12.6 Å². The average molecular weight is 293 g/mol. The summed E-state index contributed by atoms with van der Waals surface area (Å²) in [5.41, 5.74) is 3.00. The average Bonchev–Trinajstić information content (AvgIpc) is 2.56. The van der Waals surface area contributed by atoms with Crippen LogP contribution in [0.15, 0.2) is 48.8 Å². The van der Waals surface area contributed by atoms with E-state index in [1.54, 1.807) is 19.4 Å². The van der Waals surface area contributed by atoms with Crippen molar-refractivity contribution in [1.29, 1.82) is 0 Å². The molecule has 0 radical (unpaired) electrons. The minimum atomic E-state index is 0.532. The van der Waals surface area contributed by atoms with Gasteiger partial charge in [-0.3, -0.25) is 9.78 Å². The third-order valence-corrected chi connectivity index (χ3v) is 3.44. The predicted octanol–water partition coefficient (Wildman–Crippen LogP) is 2.80. The van der Waals surface area contributed by atoms with Gasteiger partial charge >= 0.3 is 0 Å². The fourth-order valence-electron chi connectivity index (χ4n) is 2.33. The van der Waals surface area contributed by atoms with Crippen molar-refractivity contribution in [1.82, 2.24) is 9.97 Å². The molecule has 0 spiro atoms. The van der Waals surface area contributed by atoms with Crippen LogP contribution in [0.5, 0.6) is 5.75 Å². The summed E-state index contributed by atoms with van der Waals surface area (Å²) in [6.07, 6.45) is 4.92. The number of methoxy groups -OCH3 is 1. The van der Waals surface area contributed by atoms with Gasteiger partial charge in [-0.2, -0.15) is 0 Å². The van der Waals surface area contributed by atoms with Gasteiger partial charge in [0.15, 0.2) is 0 Å². The van der Waals surface area contributed by atoms with Gasteiger partial charge < -0.3 is 10.1 Å². The second-order valence-electron chi connectivity index (χ2n) is 4.85. The summed E-state index contributed by atoms with van der Waals surface area (Å²) in [4.78, 5) is 19.3. The van der Waals surface area contributed by atoms with E-state index in [9.17, 15) is 4.79 Å². The van der Waals surface area contributed by atoms with Crippen molar-refractivity contribution in [2.45, 2.75) is 6.42 Å². The van der Waals surface area contributed by atoms with Crippen molar-refractivity contribution in [3.63, 3.8) is 0 Å². The Hall–Kier alpha value is -2.95. The van der Waals surface area contributed by atoms with Gasteiger partial charge in [-0.25, -0.2) is 4.98 Å². The van der Waals surface area contributed by atoms with Crippen LogP contribution in [0.25, 0.3) is 10.9 Å². The molecular weight excluding hydrogens is 278 g/mol. The van der Waals surface area contributed by atoms with Gasteiger partial charge in [-0.05, 0) is 29.8 Å². The lowest BCUT2D eigenvalue weighted by molar-refractivity contribution is -0.105. The van der Waals surface area contributed by atoms with Crippen LogP contribution in [0, 0.1) is 0 Å². The number of carbonyl (C=O) groups excluding carboxylic acids is 1. The number of nitrogens with one attached hydrogen (secondary N) is 1. The van der Waals surface area contributed by atoms with E-state index in [0.29, 0.717) is 18.6 Å². The van der Waals surface area contributed by atoms with Crippen LogP contribution in [-0.4, -0.2) is 23.5 Å². The Balaban J connectivity index is 1.97.